The van der Waals surface area contributed by atoms with Gasteiger partial charge < -0.3 is 10.1 Å². The van der Waals surface area contributed by atoms with Crippen molar-refractivity contribution >= 4 is 40.0 Å². The normalized spacial score (nSPS) is 18.1. The lowest BCUT2D eigenvalue weighted by Gasteiger charge is -2.10. The van der Waals surface area contributed by atoms with Gasteiger partial charge in [0.05, 0.1) is 17.9 Å². The summed E-state index contributed by atoms with van der Waals surface area (Å²) in [4.78, 5) is 24.5. The highest BCUT2D eigenvalue weighted by Gasteiger charge is 2.32. The Labute approximate surface area is 145 Å². The molecule has 1 heterocycles. The predicted octanol–water partition coefficient (Wildman–Crippen LogP) is 4.42. The first-order valence-corrected chi connectivity index (χ1v) is 10.3. The molecule has 1 aromatic rings. The van der Waals surface area contributed by atoms with Crippen LogP contribution >= 0.6 is 23.1 Å². The highest BCUT2D eigenvalue weighted by Crippen LogP contribution is 2.46. The second kappa shape index (κ2) is 7.71. The average Bonchev–Trinajstić information content (AvgIpc) is 3.08. The van der Waals surface area contributed by atoms with Crippen LogP contribution < -0.4 is 5.32 Å². The molecule has 4 nitrogen and oxygen atoms in total. The molecule has 2 saturated carbocycles. The van der Waals surface area contributed by atoms with Gasteiger partial charge in [-0.1, -0.05) is 12.8 Å². The quantitative estimate of drug-likeness (QED) is 0.738. The minimum atomic E-state index is -0.311. The molecule has 1 aromatic heterocycles. The summed E-state index contributed by atoms with van der Waals surface area (Å²) < 4.78 is 5.18. The molecule has 0 aliphatic heterocycles. The second-order valence-electron chi connectivity index (χ2n) is 6.16. The molecule has 0 bridgehead atoms. The molecule has 0 unspecified atom stereocenters. The van der Waals surface area contributed by atoms with E-state index in [0.717, 1.165) is 18.4 Å². The summed E-state index contributed by atoms with van der Waals surface area (Å²) in [7, 11) is 0. The van der Waals surface area contributed by atoms with Crippen molar-refractivity contribution < 1.29 is 14.3 Å². The molecule has 3 rings (SSSR count). The number of rotatable bonds is 7. The topological polar surface area (TPSA) is 55.4 Å². The van der Waals surface area contributed by atoms with E-state index < -0.39 is 0 Å². The smallest absolute Gasteiger partial charge is 0.341 e. The third-order valence-corrected chi connectivity index (χ3v) is 6.61. The summed E-state index contributed by atoms with van der Waals surface area (Å²) in [6.45, 7) is 2.15. The van der Waals surface area contributed by atoms with E-state index in [2.05, 4.69) is 5.32 Å². The Morgan fingerprint density at radius 2 is 2.04 bits per heavy atom. The Bertz CT molecular complexity index is 574. The molecular formula is C17H23NO3S2. The maximum absolute atomic E-state index is 12.3. The standard InChI is InChI=1S/C17H23NO3S2/c1-2-21-17(20)15-13(11-7-8-11)9-23-16(15)18-14(19)10-22-12-5-3-4-6-12/h9,11-12H,2-8,10H2,1H3,(H,18,19). The molecule has 0 aromatic carbocycles. The van der Waals surface area contributed by atoms with E-state index in [1.54, 1.807) is 18.7 Å². The zero-order valence-electron chi connectivity index (χ0n) is 13.4. The Hall–Kier alpha value is -1.01. The zero-order chi connectivity index (χ0) is 16.2. The maximum atomic E-state index is 12.3. The number of hydrogen-bond donors (Lipinski definition) is 1. The second-order valence-corrected chi connectivity index (χ2v) is 8.32. The van der Waals surface area contributed by atoms with Gasteiger partial charge >= 0.3 is 5.97 Å². The number of anilines is 1. The van der Waals surface area contributed by atoms with Gasteiger partial charge in [0, 0.05) is 5.25 Å². The fourth-order valence-electron chi connectivity index (χ4n) is 2.98. The third kappa shape index (κ3) is 4.29. The molecule has 0 atom stereocenters. The van der Waals surface area contributed by atoms with Crippen LogP contribution in [0.15, 0.2) is 5.38 Å². The van der Waals surface area contributed by atoms with E-state index >= 15 is 0 Å². The number of carbonyl (C=O) groups excluding carboxylic acids is 2. The Morgan fingerprint density at radius 1 is 1.30 bits per heavy atom. The number of thioether (sulfide) groups is 1. The molecule has 126 valence electrons. The molecule has 2 fully saturated rings. The highest BCUT2D eigenvalue weighted by molar-refractivity contribution is 8.00. The van der Waals surface area contributed by atoms with Crippen molar-refractivity contribution in [2.24, 2.45) is 0 Å². The Balaban J connectivity index is 1.64. The first kappa shape index (κ1) is 16.8. The van der Waals surface area contributed by atoms with E-state index in [9.17, 15) is 9.59 Å². The lowest BCUT2D eigenvalue weighted by molar-refractivity contribution is -0.113. The monoisotopic (exact) mass is 353 g/mol. The fourth-order valence-corrected chi connectivity index (χ4v) is 5.16. The van der Waals surface area contributed by atoms with Crippen LogP contribution in [-0.2, 0) is 9.53 Å². The third-order valence-electron chi connectivity index (χ3n) is 4.32. The van der Waals surface area contributed by atoms with Gasteiger partial charge in [-0.25, -0.2) is 4.79 Å². The molecular weight excluding hydrogens is 330 g/mol. The first-order valence-electron chi connectivity index (χ1n) is 8.39. The predicted molar refractivity (Wildman–Crippen MR) is 95.6 cm³/mol. The molecule has 2 aliphatic carbocycles. The number of thiophene rings is 1. The van der Waals surface area contributed by atoms with Crippen LogP contribution in [-0.4, -0.2) is 29.5 Å². The summed E-state index contributed by atoms with van der Waals surface area (Å²) in [5.41, 5.74) is 1.63. The van der Waals surface area contributed by atoms with E-state index in [4.69, 9.17) is 4.74 Å². The van der Waals surface area contributed by atoms with E-state index in [-0.39, 0.29) is 11.9 Å². The van der Waals surface area contributed by atoms with Gasteiger partial charge in [0.2, 0.25) is 5.91 Å². The largest absolute Gasteiger partial charge is 0.462 e. The number of carbonyl (C=O) groups is 2. The molecule has 23 heavy (non-hydrogen) atoms. The van der Waals surface area contributed by atoms with Gasteiger partial charge in [0.15, 0.2) is 0 Å². The van der Waals surface area contributed by atoms with Crippen LogP contribution in [0.5, 0.6) is 0 Å². The fraction of sp³-hybridized carbons (Fsp3) is 0.647. The van der Waals surface area contributed by atoms with Crippen LogP contribution in [0.1, 0.15) is 67.3 Å². The number of hydrogen-bond acceptors (Lipinski definition) is 5. The van der Waals surface area contributed by atoms with Crippen molar-refractivity contribution in [1.82, 2.24) is 0 Å². The number of ether oxygens (including phenoxy) is 1. The summed E-state index contributed by atoms with van der Waals surface area (Å²) in [6.07, 6.45) is 7.24. The molecule has 0 radical (unpaired) electrons. The number of nitrogens with one attached hydrogen (secondary N) is 1. The minimum Gasteiger partial charge on any atom is -0.462 e. The number of amides is 1. The summed E-state index contributed by atoms with van der Waals surface area (Å²) in [5, 5.41) is 6.21. The molecule has 1 amide bonds. The van der Waals surface area contributed by atoms with Crippen molar-refractivity contribution in [2.45, 2.75) is 56.6 Å². The van der Waals surface area contributed by atoms with Gasteiger partial charge in [-0.3, -0.25) is 4.79 Å². The average molecular weight is 354 g/mol. The van der Waals surface area contributed by atoms with Crippen molar-refractivity contribution in [3.63, 3.8) is 0 Å². The Kier molecular flexibility index (Phi) is 5.64. The molecule has 6 heteroatoms. The van der Waals surface area contributed by atoms with Crippen molar-refractivity contribution in [3.05, 3.63) is 16.5 Å². The minimum absolute atomic E-state index is 0.0170. The van der Waals surface area contributed by atoms with Crippen molar-refractivity contribution in [2.75, 3.05) is 17.7 Å². The molecule has 0 spiro atoms. The van der Waals surface area contributed by atoms with Gasteiger partial charge in [-0.2, -0.15) is 0 Å². The summed E-state index contributed by atoms with van der Waals surface area (Å²) in [6, 6.07) is 0. The molecule has 0 saturated heterocycles. The zero-order valence-corrected chi connectivity index (χ0v) is 15.1. The van der Waals surface area contributed by atoms with E-state index in [1.165, 1.54) is 37.0 Å². The lowest BCUT2D eigenvalue weighted by Crippen LogP contribution is -2.17. The van der Waals surface area contributed by atoms with Crippen LogP contribution in [0.2, 0.25) is 0 Å². The van der Waals surface area contributed by atoms with Gasteiger partial charge in [-0.05, 0) is 49.5 Å². The summed E-state index contributed by atoms with van der Waals surface area (Å²) >= 11 is 3.18. The highest BCUT2D eigenvalue weighted by atomic mass is 32.2. The van der Waals surface area contributed by atoms with Gasteiger partial charge in [0.25, 0.3) is 0 Å². The van der Waals surface area contributed by atoms with Crippen LogP contribution in [0.25, 0.3) is 0 Å². The first-order chi connectivity index (χ1) is 11.2. The van der Waals surface area contributed by atoms with E-state index in [1.807, 2.05) is 5.38 Å². The van der Waals surface area contributed by atoms with Crippen molar-refractivity contribution in [3.8, 4) is 0 Å². The van der Waals surface area contributed by atoms with Crippen molar-refractivity contribution in [1.29, 1.82) is 0 Å². The van der Waals surface area contributed by atoms with Gasteiger partial charge in [-0.15, -0.1) is 23.1 Å². The maximum Gasteiger partial charge on any atom is 0.341 e. The van der Waals surface area contributed by atoms with Crippen LogP contribution in [0.3, 0.4) is 0 Å². The Morgan fingerprint density at radius 3 is 2.70 bits per heavy atom. The number of esters is 1. The lowest BCUT2D eigenvalue weighted by atomic mass is 10.1. The SMILES string of the molecule is CCOC(=O)c1c(C2CC2)csc1NC(=O)CSC1CCCC1. The van der Waals surface area contributed by atoms with Gasteiger partial charge in [0.1, 0.15) is 5.00 Å². The van der Waals surface area contributed by atoms with Crippen LogP contribution in [0, 0.1) is 0 Å². The van der Waals surface area contributed by atoms with Crippen LogP contribution in [0.4, 0.5) is 5.00 Å². The summed E-state index contributed by atoms with van der Waals surface area (Å²) in [5.74, 6) is 0.596. The molecule has 2 aliphatic rings. The van der Waals surface area contributed by atoms with E-state index in [0.29, 0.717) is 34.1 Å². The molecule has 1 N–H and O–H groups in total.